The van der Waals surface area contributed by atoms with Gasteiger partial charge in [-0.2, -0.15) is 0 Å². The van der Waals surface area contributed by atoms with E-state index < -0.39 is 0 Å². The Morgan fingerprint density at radius 1 is 0.944 bits per heavy atom. The normalized spacial score (nSPS) is 10.5. The van der Waals surface area contributed by atoms with Crippen molar-refractivity contribution in [1.29, 1.82) is 0 Å². The molecule has 0 saturated carbocycles. The number of aryl methyl sites for hydroxylation is 2. The van der Waals surface area contributed by atoms with Gasteiger partial charge in [-0.25, -0.2) is 4.98 Å². The number of rotatable bonds is 2. The minimum Gasteiger partial charge on any atom is -0.363 e. The van der Waals surface area contributed by atoms with E-state index in [4.69, 9.17) is 11.6 Å². The average Bonchev–Trinajstić information content (AvgIpc) is 2.31. The fourth-order valence-electron chi connectivity index (χ4n) is 1.80. The van der Waals surface area contributed by atoms with Crippen LogP contribution in [-0.2, 0) is 0 Å². The Morgan fingerprint density at radius 3 is 2.28 bits per heavy atom. The van der Waals surface area contributed by atoms with Gasteiger partial charge in [-0.1, -0.05) is 29.8 Å². The smallest absolute Gasteiger partial charge is 0.132 e. The van der Waals surface area contributed by atoms with Crippen LogP contribution in [0.2, 0.25) is 5.15 Å². The Hall–Kier alpha value is -1.54. The summed E-state index contributed by atoms with van der Waals surface area (Å²) in [5, 5.41) is 0.523. The Kier molecular flexibility index (Phi) is 3.58. The summed E-state index contributed by atoms with van der Waals surface area (Å²) in [4.78, 5) is 6.24. The number of benzene rings is 1. The fraction of sp³-hybridized carbons (Fsp3) is 0.267. The molecule has 0 aliphatic carbocycles. The SMILES string of the molecule is Cc1ccc(-c2cc(Cl)nc(N(C)C)c2)cc1C. The molecule has 2 aromatic rings. The third-order valence-electron chi connectivity index (χ3n) is 3.08. The summed E-state index contributed by atoms with van der Waals surface area (Å²) in [5.41, 5.74) is 4.85. The lowest BCUT2D eigenvalue weighted by Gasteiger charge is -2.13. The van der Waals surface area contributed by atoms with Crippen molar-refractivity contribution in [1.82, 2.24) is 4.98 Å². The molecule has 94 valence electrons. The quantitative estimate of drug-likeness (QED) is 0.757. The topological polar surface area (TPSA) is 16.1 Å². The van der Waals surface area contributed by atoms with Gasteiger partial charge >= 0.3 is 0 Å². The molecular formula is C15H17ClN2. The van der Waals surface area contributed by atoms with Gasteiger partial charge in [0.2, 0.25) is 0 Å². The van der Waals surface area contributed by atoms with E-state index in [2.05, 4.69) is 43.1 Å². The van der Waals surface area contributed by atoms with Gasteiger partial charge in [-0.05, 0) is 48.2 Å². The summed E-state index contributed by atoms with van der Waals surface area (Å²) >= 11 is 6.08. The summed E-state index contributed by atoms with van der Waals surface area (Å²) < 4.78 is 0. The molecule has 2 rings (SSSR count). The van der Waals surface area contributed by atoms with Gasteiger partial charge in [-0.3, -0.25) is 0 Å². The third kappa shape index (κ3) is 2.65. The summed E-state index contributed by atoms with van der Waals surface area (Å²) in [6.45, 7) is 4.23. The molecule has 0 aliphatic heterocycles. The highest BCUT2D eigenvalue weighted by Gasteiger charge is 2.06. The van der Waals surface area contributed by atoms with E-state index in [1.807, 2.05) is 25.1 Å². The van der Waals surface area contributed by atoms with Crippen LogP contribution in [0, 0.1) is 13.8 Å². The van der Waals surface area contributed by atoms with Crippen molar-refractivity contribution in [2.75, 3.05) is 19.0 Å². The maximum absolute atomic E-state index is 6.08. The lowest BCUT2D eigenvalue weighted by atomic mass is 10.0. The number of anilines is 1. The maximum atomic E-state index is 6.08. The number of nitrogens with zero attached hydrogens (tertiary/aromatic N) is 2. The Balaban J connectivity index is 2.53. The predicted molar refractivity (Wildman–Crippen MR) is 78.5 cm³/mol. The highest BCUT2D eigenvalue weighted by Crippen LogP contribution is 2.27. The molecule has 0 bridgehead atoms. The molecule has 0 spiro atoms. The molecule has 0 radical (unpaired) electrons. The lowest BCUT2D eigenvalue weighted by molar-refractivity contribution is 1.07. The van der Waals surface area contributed by atoms with Gasteiger partial charge in [0.1, 0.15) is 11.0 Å². The van der Waals surface area contributed by atoms with Gasteiger partial charge < -0.3 is 4.90 Å². The minimum atomic E-state index is 0.523. The maximum Gasteiger partial charge on any atom is 0.132 e. The Labute approximate surface area is 113 Å². The van der Waals surface area contributed by atoms with E-state index in [1.54, 1.807) is 0 Å². The molecule has 2 nitrogen and oxygen atoms in total. The molecule has 3 heteroatoms. The van der Waals surface area contributed by atoms with E-state index >= 15 is 0 Å². The molecule has 0 fully saturated rings. The van der Waals surface area contributed by atoms with Crippen LogP contribution in [0.1, 0.15) is 11.1 Å². The molecular weight excluding hydrogens is 244 g/mol. The van der Waals surface area contributed by atoms with Crippen molar-refractivity contribution in [2.45, 2.75) is 13.8 Å². The van der Waals surface area contributed by atoms with Crippen LogP contribution >= 0.6 is 11.6 Å². The predicted octanol–water partition coefficient (Wildman–Crippen LogP) is 4.08. The van der Waals surface area contributed by atoms with Crippen molar-refractivity contribution < 1.29 is 0 Å². The number of hydrogen-bond donors (Lipinski definition) is 0. The molecule has 1 aromatic carbocycles. The first kappa shape index (κ1) is 12.9. The zero-order chi connectivity index (χ0) is 13.3. The van der Waals surface area contributed by atoms with Crippen molar-refractivity contribution in [3.63, 3.8) is 0 Å². The number of aromatic nitrogens is 1. The second-order valence-electron chi connectivity index (χ2n) is 4.73. The Bertz CT molecular complexity index is 577. The van der Waals surface area contributed by atoms with Crippen LogP contribution < -0.4 is 4.90 Å². The molecule has 0 amide bonds. The van der Waals surface area contributed by atoms with Crippen LogP contribution in [-0.4, -0.2) is 19.1 Å². The first-order chi connectivity index (χ1) is 8.47. The van der Waals surface area contributed by atoms with Crippen molar-refractivity contribution >= 4 is 17.4 Å². The first-order valence-corrected chi connectivity index (χ1v) is 6.27. The third-order valence-corrected chi connectivity index (χ3v) is 3.27. The zero-order valence-corrected chi connectivity index (χ0v) is 11.9. The summed E-state index contributed by atoms with van der Waals surface area (Å²) in [5.74, 6) is 0.871. The number of hydrogen-bond acceptors (Lipinski definition) is 2. The number of halogens is 1. The van der Waals surface area contributed by atoms with Gasteiger partial charge in [0.05, 0.1) is 0 Å². The van der Waals surface area contributed by atoms with Crippen LogP contribution in [0.4, 0.5) is 5.82 Å². The second kappa shape index (κ2) is 4.99. The van der Waals surface area contributed by atoms with Gasteiger partial charge in [-0.15, -0.1) is 0 Å². The van der Waals surface area contributed by atoms with Gasteiger partial charge in [0, 0.05) is 14.1 Å². The van der Waals surface area contributed by atoms with E-state index in [-0.39, 0.29) is 0 Å². The second-order valence-corrected chi connectivity index (χ2v) is 5.12. The van der Waals surface area contributed by atoms with E-state index in [0.717, 1.165) is 11.4 Å². The van der Waals surface area contributed by atoms with Crippen LogP contribution in [0.25, 0.3) is 11.1 Å². The largest absolute Gasteiger partial charge is 0.363 e. The molecule has 0 atom stereocenters. The standard InChI is InChI=1S/C15H17ClN2/c1-10-5-6-12(7-11(10)2)13-8-14(16)17-15(9-13)18(3)4/h5-9H,1-4H3. The van der Waals surface area contributed by atoms with Crippen molar-refractivity contribution in [3.05, 3.63) is 46.6 Å². The minimum absolute atomic E-state index is 0.523. The molecule has 0 saturated heterocycles. The van der Waals surface area contributed by atoms with Crippen molar-refractivity contribution in [2.24, 2.45) is 0 Å². The van der Waals surface area contributed by atoms with Crippen molar-refractivity contribution in [3.8, 4) is 11.1 Å². The molecule has 18 heavy (non-hydrogen) atoms. The molecule has 0 unspecified atom stereocenters. The van der Waals surface area contributed by atoms with Crippen LogP contribution in [0.5, 0.6) is 0 Å². The molecule has 0 aliphatic rings. The highest BCUT2D eigenvalue weighted by molar-refractivity contribution is 6.29. The summed E-state index contributed by atoms with van der Waals surface area (Å²) in [7, 11) is 3.92. The monoisotopic (exact) mass is 260 g/mol. The lowest BCUT2D eigenvalue weighted by Crippen LogP contribution is -2.10. The van der Waals surface area contributed by atoms with E-state index in [1.165, 1.54) is 16.7 Å². The number of pyridine rings is 1. The highest BCUT2D eigenvalue weighted by atomic mass is 35.5. The van der Waals surface area contributed by atoms with Gasteiger partial charge in [0.25, 0.3) is 0 Å². The summed E-state index contributed by atoms with van der Waals surface area (Å²) in [6.07, 6.45) is 0. The van der Waals surface area contributed by atoms with Gasteiger partial charge in [0.15, 0.2) is 0 Å². The first-order valence-electron chi connectivity index (χ1n) is 5.90. The Morgan fingerprint density at radius 2 is 1.67 bits per heavy atom. The average molecular weight is 261 g/mol. The molecule has 1 aromatic heterocycles. The van der Waals surface area contributed by atoms with E-state index in [0.29, 0.717) is 5.15 Å². The zero-order valence-electron chi connectivity index (χ0n) is 11.2. The van der Waals surface area contributed by atoms with Crippen LogP contribution in [0.3, 0.4) is 0 Å². The summed E-state index contributed by atoms with van der Waals surface area (Å²) in [6, 6.07) is 10.4. The van der Waals surface area contributed by atoms with E-state index in [9.17, 15) is 0 Å². The molecule has 0 N–H and O–H groups in total. The molecule has 1 heterocycles. The fourth-order valence-corrected chi connectivity index (χ4v) is 2.00. The van der Waals surface area contributed by atoms with Crippen LogP contribution in [0.15, 0.2) is 30.3 Å².